The first-order valence-electron chi connectivity index (χ1n) is 7.60. The number of halogens is 3. The van der Waals surface area contributed by atoms with E-state index in [1.165, 1.54) is 13.3 Å². The van der Waals surface area contributed by atoms with Gasteiger partial charge in [-0.15, -0.1) is 0 Å². The molecule has 0 saturated heterocycles. The zero-order valence-corrected chi connectivity index (χ0v) is 19.8. The van der Waals surface area contributed by atoms with Gasteiger partial charge in [-0.25, -0.2) is 8.78 Å². The van der Waals surface area contributed by atoms with E-state index in [-0.39, 0.29) is 16.7 Å². The molecule has 0 amide bonds. The van der Waals surface area contributed by atoms with E-state index in [1.807, 2.05) is 0 Å². The Morgan fingerprint density at radius 3 is 1.66 bits per heavy atom. The predicted octanol–water partition coefficient (Wildman–Crippen LogP) is 5.39. The maximum absolute atomic E-state index is 12.8. The topological polar surface area (TPSA) is 120 Å². The zero-order chi connectivity index (χ0) is 22.9. The summed E-state index contributed by atoms with van der Waals surface area (Å²) in [5, 5.41) is 20.7. The van der Waals surface area contributed by atoms with Gasteiger partial charge in [0, 0.05) is 12.1 Å². The van der Waals surface area contributed by atoms with E-state index in [9.17, 15) is 38.1 Å². The highest BCUT2D eigenvalue weighted by molar-refractivity contribution is 14.1. The summed E-state index contributed by atoms with van der Waals surface area (Å²) >= 11 is 1.72. The van der Waals surface area contributed by atoms with Crippen LogP contribution in [0.15, 0.2) is 36.4 Å². The molecule has 2 rings (SSSR count). The number of hydrogen-bond acceptors (Lipinski definition) is 6. The quantitative estimate of drug-likeness (QED) is 0.215. The van der Waals surface area contributed by atoms with Gasteiger partial charge in [0.25, 0.3) is 11.4 Å². The molecular formula is C16H18F2IN2O6P2+. The third-order valence-electron chi connectivity index (χ3n) is 2.82. The molecule has 0 heterocycles. The van der Waals surface area contributed by atoms with Gasteiger partial charge in [0.2, 0.25) is 0 Å². The molecule has 13 heteroatoms. The maximum Gasteiger partial charge on any atom is 0.332 e. The van der Waals surface area contributed by atoms with Crippen LogP contribution in [0.3, 0.4) is 0 Å². The molecule has 0 spiro atoms. The Bertz CT molecular complexity index is 964. The lowest BCUT2D eigenvalue weighted by Gasteiger charge is -2.07. The third kappa shape index (κ3) is 10.5. The largest absolute Gasteiger partial charge is 0.332 e. The Balaban J connectivity index is 0.000000466. The molecule has 29 heavy (non-hydrogen) atoms. The second-order valence-corrected chi connectivity index (χ2v) is 11.9. The molecule has 0 N–H and O–H groups in total. The summed E-state index contributed by atoms with van der Waals surface area (Å²) in [7, 11) is -3.69. The molecule has 8 nitrogen and oxygen atoms in total. The van der Waals surface area contributed by atoms with Crippen molar-refractivity contribution in [3.05, 3.63) is 71.8 Å². The highest BCUT2D eigenvalue weighted by Gasteiger charge is 2.24. The van der Waals surface area contributed by atoms with Gasteiger partial charge in [-0.3, -0.25) is 20.2 Å². The maximum atomic E-state index is 12.8. The van der Waals surface area contributed by atoms with Crippen LogP contribution in [-0.2, 0) is 9.13 Å². The van der Waals surface area contributed by atoms with Gasteiger partial charge in [0.05, 0.1) is 18.7 Å². The van der Waals surface area contributed by atoms with E-state index in [0.717, 1.165) is 36.4 Å². The Kier molecular flexibility index (Phi) is 11.2. The van der Waals surface area contributed by atoms with Crippen LogP contribution in [-0.4, -0.2) is 36.5 Å². The minimum atomic E-state index is -2.82. The summed E-state index contributed by atoms with van der Waals surface area (Å²) in [5.41, 5.74) is -0.355. The highest BCUT2D eigenvalue weighted by atomic mass is 127. The van der Waals surface area contributed by atoms with E-state index >= 15 is 0 Å². The fourth-order valence-corrected chi connectivity index (χ4v) is 3.53. The van der Waals surface area contributed by atoms with Gasteiger partial charge < -0.3 is 4.57 Å². The molecule has 0 unspecified atom stereocenters. The number of hydrogen-bond donors (Lipinski definition) is 0. The van der Waals surface area contributed by atoms with Gasteiger partial charge in [-0.05, 0) is 60.2 Å². The summed E-state index contributed by atoms with van der Waals surface area (Å²) in [6, 6.07) is 6.32. The van der Waals surface area contributed by atoms with E-state index in [0.29, 0.717) is 3.57 Å². The van der Waals surface area contributed by atoms with Gasteiger partial charge in [-0.2, -0.15) is 0 Å². The van der Waals surface area contributed by atoms with Crippen molar-refractivity contribution in [1.82, 2.24) is 0 Å². The van der Waals surface area contributed by atoms with Gasteiger partial charge >= 0.3 is 7.80 Å². The molecular weight excluding hydrogens is 543 g/mol. The number of nitro groups is 2. The minimum absolute atomic E-state index is 0.0255. The zero-order valence-electron chi connectivity index (χ0n) is 15.8. The Morgan fingerprint density at radius 1 is 0.931 bits per heavy atom. The summed E-state index contributed by atoms with van der Waals surface area (Å²) in [4.78, 5) is 19.6. The molecule has 2 aromatic rings. The van der Waals surface area contributed by atoms with Crippen molar-refractivity contribution in [3.63, 3.8) is 0 Å². The first kappa shape index (κ1) is 27.2. The fourth-order valence-electron chi connectivity index (χ4n) is 1.71. The van der Waals surface area contributed by atoms with Crippen molar-refractivity contribution in [2.24, 2.45) is 0 Å². The molecule has 0 aliphatic heterocycles. The summed E-state index contributed by atoms with van der Waals surface area (Å²) in [6.07, 6.45) is 0. The smallest absolute Gasteiger partial charge is 0.319 e. The lowest BCUT2D eigenvalue weighted by molar-refractivity contribution is -0.385. The van der Waals surface area contributed by atoms with Crippen LogP contribution < -0.4 is 5.30 Å². The van der Waals surface area contributed by atoms with Crippen molar-refractivity contribution in [2.45, 2.75) is 0 Å². The molecule has 0 aliphatic carbocycles. The lowest BCUT2D eigenvalue weighted by Crippen LogP contribution is -2.10. The van der Waals surface area contributed by atoms with Crippen LogP contribution in [0, 0.1) is 35.4 Å². The van der Waals surface area contributed by atoms with Crippen molar-refractivity contribution in [3.8, 4) is 0 Å². The Labute approximate surface area is 180 Å². The number of nitrogens with zero attached hydrogens (tertiary/aromatic N) is 2. The van der Waals surface area contributed by atoms with E-state index < -0.39 is 36.4 Å². The van der Waals surface area contributed by atoms with E-state index in [1.54, 1.807) is 35.9 Å². The van der Waals surface area contributed by atoms with Crippen LogP contribution >= 0.6 is 37.5 Å². The second kappa shape index (κ2) is 12.0. The summed E-state index contributed by atoms with van der Waals surface area (Å²) < 4.78 is 46.7. The van der Waals surface area contributed by atoms with Crippen molar-refractivity contribution >= 4 is 54.2 Å². The molecule has 0 radical (unpaired) electrons. The molecule has 0 saturated carbocycles. The molecule has 0 aromatic heterocycles. The fraction of sp³-hybridized carbons (Fsp3) is 0.250. The van der Waals surface area contributed by atoms with E-state index in [4.69, 9.17) is 0 Å². The SMILES string of the molecule is CP(C)(=O)c1cc(F)ccc1[N+](=O)[O-].C[P+](C)=O.O=[N+]([O-])c1ccc(F)cc1I. The first-order chi connectivity index (χ1) is 13.2. The number of rotatable bonds is 3. The molecule has 0 aliphatic rings. The monoisotopic (exact) mass is 561 g/mol. The Morgan fingerprint density at radius 2 is 1.31 bits per heavy atom. The molecule has 0 bridgehead atoms. The highest BCUT2D eigenvalue weighted by Crippen LogP contribution is 2.38. The number of benzene rings is 2. The van der Waals surface area contributed by atoms with Crippen LogP contribution in [0.5, 0.6) is 0 Å². The molecule has 158 valence electrons. The Hall–Kier alpha value is -1.84. The number of nitro benzene ring substituents is 2. The van der Waals surface area contributed by atoms with E-state index in [2.05, 4.69) is 0 Å². The van der Waals surface area contributed by atoms with Crippen molar-refractivity contribution in [2.75, 3.05) is 26.7 Å². The van der Waals surface area contributed by atoms with Gasteiger partial charge in [-0.1, -0.05) is 4.57 Å². The van der Waals surface area contributed by atoms with Crippen LogP contribution in [0.2, 0.25) is 0 Å². The normalized spacial score (nSPS) is 10.0. The van der Waals surface area contributed by atoms with Crippen molar-refractivity contribution in [1.29, 1.82) is 0 Å². The molecule has 2 aromatic carbocycles. The predicted molar refractivity (Wildman–Crippen MR) is 117 cm³/mol. The van der Waals surface area contributed by atoms with Crippen molar-refractivity contribution < 1.29 is 27.8 Å². The molecule has 0 fully saturated rings. The summed E-state index contributed by atoms with van der Waals surface area (Å²) in [6.45, 7) is 6.09. The van der Waals surface area contributed by atoms with Gasteiger partial charge in [0.1, 0.15) is 32.1 Å². The van der Waals surface area contributed by atoms with Gasteiger partial charge in [0.15, 0.2) is 0 Å². The second-order valence-electron chi connectivity index (χ2n) is 5.91. The first-order valence-corrected chi connectivity index (χ1v) is 13.4. The third-order valence-corrected chi connectivity index (χ3v) is 5.20. The summed E-state index contributed by atoms with van der Waals surface area (Å²) in [5.74, 6) is -1.07. The minimum Gasteiger partial charge on any atom is -0.319 e. The lowest BCUT2D eigenvalue weighted by atomic mass is 10.3. The average molecular weight is 561 g/mol. The average Bonchev–Trinajstić information content (AvgIpc) is 2.53. The standard InChI is InChI=1S/C8H9FNO3P.C6H3FINO2.C2H6OP/c1-14(2,13)8-5-6(9)3-4-7(8)10(11)12;7-4-1-2-6(9(10)11)5(8)3-4;1-4(2)3/h3-5H,1-2H3;1-3H;1-2H3/q;;+1. The van der Waals surface area contributed by atoms with Crippen LogP contribution in [0.1, 0.15) is 0 Å². The van der Waals surface area contributed by atoms with Crippen LogP contribution in [0.4, 0.5) is 20.2 Å². The van der Waals surface area contributed by atoms with Crippen LogP contribution in [0.25, 0.3) is 0 Å². The molecule has 0 atom stereocenters.